The van der Waals surface area contributed by atoms with Crippen LogP contribution >= 0.6 is 0 Å². The number of likely N-dealkylation sites (tertiary alicyclic amines) is 1. The molecule has 27 heavy (non-hydrogen) atoms. The molecule has 6 nitrogen and oxygen atoms in total. The van der Waals surface area contributed by atoms with Gasteiger partial charge in [-0.05, 0) is 31.0 Å². The molecule has 1 unspecified atom stereocenters. The van der Waals surface area contributed by atoms with Crippen molar-refractivity contribution in [2.45, 2.75) is 60.9 Å². The molecule has 0 spiro atoms. The Kier molecular flexibility index (Phi) is 5.32. The Labute approximate surface area is 160 Å². The highest BCUT2D eigenvalue weighted by Gasteiger charge is 2.53. The van der Waals surface area contributed by atoms with E-state index in [2.05, 4.69) is 5.32 Å². The molecule has 1 aliphatic rings. The Hall–Kier alpha value is -2.50. The first-order valence-electron chi connectivity index (χ1n) is 9.04. The predicted molar refractivity (Wildman–Crippen MR) is 103 cm³/mol. The van der Waals surface area contributed by atoms with E-state index >= 15 is 0 Å². The molecule has 1 aromatic carbocycles. The maximum Gasteiger partial charge on any atom is 0.255 e. The van der Waals surface area contributed by atoms with Crippen molar-refractivity contribution in [2.24, 2.45) is 10.8 Å². The number of anilines is 1. The molecule has 6 heteroatoms. The lowest BCUT2D eigenvalue weighted by Crippen LogP contribution is -2.55. The van der Waals surface area contributed by atoms with E-state index in [0.29, 0.717) is 5.69 Å². The van der Waals surface area contributed by atoms with Crippen molar-refractivity contribution in [2.75, 3.05) is 5.32 Å². The van der Waals surface area contributed by atoms with Crippen molar-refractivity contribution in [3.8, 4) is 0 Å². The van der Waals surface area contributed by atoms with E-state index in [0.717, 1.165) is 16.0 Å². The third kappa shape index (κ3) is 4.10. The molecular weight excluding hydrogens is 344 g/mol. The number of benzene rings is 1. The van der Waals surface area contributed by atoms with Gasteiger partial charge in [-0.3, -0.25) is 24.1 Å². The normalized spacial score (nSPS) is 17.8. The van der Waals surface area contributed by atoms with Gasteiger partial charge in [0.05, 0.1) is 5.41 Å². The van der Waals surface area contributed by atoms with E-state index in [1.165, 1.54) is 0 Å². The summed E-state index contributed by atoms with van der Waals surface area (Å²) in [6, 6.07) is 4.09. The van der Waals surface area contributed by atoms with Gasteiger partial charge < -0.3 is 5.32 Å². The predicted octanol–water partition coefficient (Wildman–Crippen LogP) is 3.01. The minimum atomic E-state index is -1.48. The van der Waals surface area contributed by atoms with Crippen LogP contribution in [0.25, 0.3) is 0 Å². The topological polar surface area (TPSA) is 83.6 Å². The first kappa shape index (κ1) is 20.8. The van der Waals surface area contributed by atoms with E-state index in [-0.39, 0.29) is 6.42 Å². The zero-order valence-electron chi connectivity index (χ0n) is 17.1. The number of Topliss-reactive ketones (excluding diaryl/α,β-unsaturated/α-hetero) is 1. The van der Waals surface area contributed by atoms with E-state index in [1.807, 2.05) is 26.0 Å². The molecule has 1 heterocycles. The Morgan fingerprint density at radius 1 is 1.15 bits per heavy atom. The number of imide groups is 1. The maximum atomic E-state index is 13.1. The molecule has 0 aromatic heterocycles. The highest BCUT2D eigenvalue weighted by atomic mass is 16.2. The van der Waals surface area contributed by atoms with Crippen LogP contribution in [0, 0.1) is 24.7 Å². The fourth-order valence-corrected chi connectivity index (χ4v) is 3.07. The van der Waals surface area contributed by atoms with Crippen molar-refractivity contribution >= 4 is 29.2 Å². The summed E-state index contributed by atoms with van der Waals surface area (Å²) in [7, 11) is 0. The highest BCUT2D eigenvalue weighted by Crippen LogP contribution is 2.35. The number of carbonyl (C=O) groups is 4. The van der Waals surface area contributed by atoms with Crippen LogP contribution in [-0.2, 0) is 19.2 Å². The van der Waals surface area contributed by atoms with Gasteiger partial charge in [-0.1, -0.05) is 46.8 Å². The quantitative estimate of drug-likeness (QED) is 0.650. The van der Waals surface area contributed by atoms with Gasteiger partial charge >= 0.3 is 0 Å². The van der Waals surface area contributed by atoms with Crippen LogP contribution < -0.4 is 5.32 Å². The number of hydrogen-bond acceptors (Lipinski definition) is 4. The van der Waals surface area contributed by atoms with Crippen LogP contribution in [0.1, 0.15) is 52.2 Å². The zero-order chi connectivity index (χ0) is 20.7. The summed E-state index contributed by atoms with van der Waals surface area (Å²) in [5.41, 5.74) is 0.522. The van der Waals surface area contributed by atoms with Crippen LogP contribution in [0.5, 0.6) is 0 Å². The van der Waals surface area contributed by atoms with Gasteiger partial charge in [0.1, 0.15) is 0 Å². The summed E-state index contributed by atoms with van der Waals surface area (Å²) in [4.78, 5) is 52.2. The second kappa shape index (κ2) is 6.91. The van der Waals surface area contributed by atoms with Gasteiger partial charge in [0, 0.05) is 17.5 Å². The molecular formula is C21H28N2O4. The molecule has 3 amide bonds. The molecule has 0 saturated carbocycles. The number of nitrogens with one attached hydrogen (secondary N) is 1. The van der Waals surface area contributed by atoms with Crippen molar-refractivity contribution in [3.05, 3.63) is 29.3 Å². The minimum absolute atomic E-state index is 0.0174. The lowest BCUT2D eigenvalue weighted by atomic mass is 9.85. The SMILES string of the molecule is Cc1ccc(C)c(NC(=O)C(C(=O)C(C)(C)C)N2C(=O)CC(C)(C)C2=O)c1. The third-order valence-corrected chi connectivity index (χ3v) is 4.80. The lowest BCUT2D eigenvalue weighted by molar-refractivity contribution is -0.153. The average molecular weight is 372 g/mol. The van der Waals surface area contributed by atoms with Crippen molar-refractivity contribution in [3.63, 3.8) is 0 Å². The molecule has 1 aliphatic heterocycles. The number of aryl methyl sites for hydroxylation is 2. The summed E-state index contributed by atoms with van der Waals surface area (Å²) in [6.07, 6.45) is -0.0174. The van der Waals surface area contributed by atoms with Crippen LogP contribution in [-0.4, -0.2) is 34.4 Å². The number of rotatable bonds is 4. The smallest absolute Gasteiger partial charge is 0.255 e. The molecule has 1 aromatic rings. The summed E-state index contributed by atoms with van der Waals surface area (Å²) >= 11 is 0. The largest absolute Gasteiger partial charge is 0.324 e. The van der Waals surface area contributed by atoms with E-state index in [4.69, 9.17) is 0 Å². The number of ketones is 1. The molecule has 0 bridgehead atoms. The Bertz CT molecular complexity index is 818. The fourth-order valence-electron chi connectivity index (χ4n) is 3.07. The molecule has 1 atom stereocenters. The summed E-state index contributed by atoms with van der Waals surface area (Å²) in [6.45, 7) is 12.0. The molecule has 146 valence electrons. The lowest BCUT2D eigenvalue weighted by Gasteiger charge is -2.30. The standard InChI is InChI=1S/C21H28N2O4/c1-12-8-9-13(2)14(10-12)22-18(26)16(17(25)20(3,4)5)23-15(24)11-21(6,7)19(23)27/h8-10,16H,11H2,1-7H3,(H,22,26). The summed E-state index contributed by atoms with van der Waals surface area (Å²) < 4.78 is 0. The third-order valence-electron chi connectivity index (χ3n) is 4.80. The first-order valence-corrected chi connectivity index (χ1v) is 9.04. The van der Waals surface area contributed by atoms with Gasteiger partial charge in [-0.2, -0.15) is 0 Å². The maximum absolute atomic E-state index is 13.1. The van der Waals surface area contributed by atoms with E-state index < -0.39 is 40.4 Å². The number of nitrogens with zero attached hydrogens (tertiary/aromatic N) is 1. The molecule has 1 fully saturated rings. The summed E-state index contributed by atoms with van der Waals surface area (Å²) in [5, 5.41) is 2.74. The average Bonchev–Trinajstić information content (AvgIpc) is 2.72. The van der Waals surface area contributed by atoms with Crippen molar-refractivity contribution < 1.29 is 19.2 Å². The Morgan fingerprint density at radius 2 is 1.74 bits per heavy atom. The molecule has 2 rings (SSSR count). The molecule has 0 radical (unpaired) electrons. The van der Waals surface area contributed by atoms with Crippen LogP contribution in [0.2, 0.25) is 0 Å². The van der Waals surface area contributed by atoms with Crippen LogP contribution in [0.4, 0.5) is 5.69 Å². The van der Waals surface area contributed by atoms with Gasteiger partial charge in [0.2, 0.25) is 11.8 Å². The van der Waals surface area contributed by atoms with Crippen molar-refractivity contribution in [1.82, 2.24) is 4.90 Å². The van der Waals surface area contributed by atoms with Crippen LogP contribution in [0.15, 0.2) is 18.2 Å². The van der Waals surface area contributed by atoms with E-state index in [1.54, 1.807) is 40.7 Å². The highest BCUT2D eigenvalue weighted by molar-refractivity contribution is 6.19. The fraction of sp³-hybridized carbons (Fsp3) is 0.524. The molecule has 0 aliphatic carbocycles. The zero-order valence-corrected chi connectivity index (χ0v) is 17.1. The van der Waals surface area contributed by atoms with E-state index in [9.17, 15) is 19.2 Å². The van der Waals surface area contributed by atoms with Gasteiger partial charge in [0.15, 0.2) is 11.8 Å². The monoisotopic (exact) mass is 372 g/mol. The second-order valence-corrected chi connectivity index (χ2v) is 8.95. The molecule has 1 saturated heterocycles. The molecule has 1 N–H and O–H groups in total. The number of carbonyl (C=O) groups excluding carboxylic acids is 4. The van der Waals surface area contributed by atoms with Gasteiger partial charge in [0.25, 0.3) is 5.91 Å². The van der Waals surface area contributed by atoms with Crippen molar-refractivity contribution in [1.29, 1.82) is 0 Å². The summed E-state index contributed by atoms with van der Waals surface area (Å²) in [5.74, 6) is -2.12. The Morgan fingerprint density at radius 3 is 2.22 bits per heavy atom. The Balaban J connectivity index is 2.46. The second-order valence-electron chi connectivity index (χ2n) is 8.95. The number of hydrogen-bond donors (Lipinski definition) is 1. The number of amides is 3. The first-order chi connectivity index (χ1) is 12.3. The van der Waals surface area contributed by atoms with Gasteiger partial charge in [-0.15, -0.1) is 0 Å². The van der Waals surface area contributed by atoms with Crippen LogP contribution in [0.3, 0.4) is 0 Å². The van der Waals surface area contributed by atoms with Gasteiger partial charge in [-0.25, -0.2) is 0 Å². The minimum Gasteiger partial charge on any atom is -0.324 e.